The van der Waals surface area contributed by atoms with Crippen LogP contribution in [-0.2, 0) is 21.5 Å². The van der Waals surface area contributed by atoms with Gasteiger partial charge in [-0.05, 0) is 43.5 Å². The average Bonchev–Trinajstić information content (AvgIpc) is 3.25. The molecule has 42 heavy (non-hydrogen) atoms. The number of aromatic nitrogens is 4. The second-order valence-electron chi connectivity index (χ2n) is 10.7. The van der Waals surface area contributed by atoms with Gasteiger partial charge in [-0.1, -0.05) is 41.6 Å². The molecule has 2 N–H and O–H groups in total. The third kappa shape index (κ3) is 5.39. The number of nitrogens with zero attached hydrogens (tertiary/aromatic N) is 5. The maximum Gasteiger partial charge on any atom is 0.332 e. The van der Waals surface area contributed by atoms with Crippen LogP contribution >= 0.6 is 23.4 Å². The van der Waals surface area contributed by atoms with Crippen molar-refractivity contribution in [3.8, 4) is 0 Å². The molecule has 0 bridgehead atoms. The Labute approximate surface area is 251 Å². The van der Waals surface area contributed by atoms with E-state index in [1.807, 2.05) is 6.92 Å². The number of halogens is 2. The van der Waals surface area contributed by atoms with Gasteiger partial charge in [0.25, 0.3) is 5.56 Å². The molecule has 220 valence electrons. The van der Waals surface area contributed by atoms with E-state index in [0.717, 1.165) is 37.8 Å². The molecule has 0 radical (unpaired) electrons. The fourth-order valence-electron chi connectivity index (χ4n) is 5.73. The lowest BCUT2D eigenvalue weighted by Gasteiger charge is -2.41. The summed E-state index contributed by atoms with van der Waals surface area (Å²) in [5.41, 5.74) is 6.48. The average molecular weight is 631 g/mol. The first-order chi connectivity index (χ1) is 20.1. The number of ether oxygens (including phenoxy) is 1. The van der Waals surface area contributed by atoms with Crippen molar-refractivity contribution >= 4 is 50.3 Å². The summed E-state index contributed by atoms with van der Waals surface area (Å²) in [7, 11) is -4.97. The quantitative estimate of drug-likeness (QED) is 0.311. The largest absolute Gasteiger partial charge is 0.376 e. The molecule has 0 aliphatic carbocycles. The van der Waals surface area contributed by atoms with E-state index in [2.05, 4.69) is 19.9 Å². The number of hydrogen-bond donors (Lipinski definition) is 1. The van der Waals surface area contributed by atoms with Gasteiger partial charge in [0.2, 0.25) is 0 Å². The van der Waals surface area contributed by atoms with Crippen LogP contribution in [0, 0.1) is 5.41 Å². The second kappa shape index (κ2) is 11.2. The van der Waals surface area contributed by atoms with Gasteiger partial charge in [-0.25, -0.2) is 15.0 Å². The number of anilines is 1. The minimum Gasteiger partial charge on any atom is -0.376 e. The summed E-state index contributed by atoms with van der Waals surface area (Å²) in [5.74, 6) is 0.780. The number of hydrogen-bond acceptors (Lipinski definition) is 10. The van der Waals surface area contributed by atoms with Gasteiger partial charge in [-0.2, -0.15) is 8.42 Å². The summed E-state index contributed by atoms with van der Waals surface area (Å²) in [4.78, 5) is 29.2. The van der Waals surface area contributed by atoms with Gasteiger partial charge in [-0.3, -0.25) is 9.36 Å². The van der Waals surface area contributed by atoms with Crippen LogP contribution in [0.1, 0.15) is 25.3 Å². The molecule has 0 saturated carbocycles. The SMILES string of the molecule is C[C@@H]1OCC2(CCN(c3cnc(Sc4ccc5ncn(Cc6ccccc6S(=O)(=O)F)c(=O)c5c4Cl)cn3)CC2)[C@@H]1N. The summed E-state index contributed by atoms with van der Waals surface area (Å²) in [5, 5.41) is 0.951. The predicted molar refractivity (Wildman–Crippen MR) is 158 cm³/mol. The maximum atomic E-state index is 13.8. The fourth-order valence-corrected chi connectivity index (χ4v) is 7.53. The van der Waals surface area contributed by atoms with Crippen LogP contribution in [0.5, 0.6) is 0 Å². The molecule has 4 heterocycles. The van der Waals surface area contributed by atoms with E-state index in [9.17, 15) is 17.1 Å². The Kier molecular flexibility index (Phi) is 7.73. The van der Waals surface area contributed by atoms with Crippen LogP contribution < -0.4 is 16.2 Å². The molecular formula is C28H28ClFN6O4S2. The van der Waals surface area contributed by atoms with E-state index in [1.54, 1.807) is 30.6 Å². The lowest BCUT2D eigenvalue weighted by atomic mass is 9.73. The molecule has 1 spiro atoms. The Morgan fingerprint density at radius 2 is 1.90 bits per heavy atom. The van der Waals surface area contributed by atoms with Crippen LogP contribution in [0.2, 0.25) is 5.02 Å². The molecule has 2 aromatic heterocycles. The van der Waals surface area contributed by atoms with E-state index >= 15 is 0 Å². The lowest BCUT2D eigenvalue weighted by molar-refractivity contribution is 0.0974. The standard InChI is InChI=1S/C28H28ClFN6O4S2/c1-17-26(31)28(15-40-17)8-10-35(11-9-28)22-12-33-23(13-32-22)41-20-7-6-19-24(25(20)29)27(37)36(16-34-19)14-18-4-2-3-5-21(18)42(30,38)39/h2-7,12-13,16-17,26H,8-11,14-15,31H2,1H3/t17-,26+/m0/s1. The highest BCUT2D eigenvalue weighted by molar-refractivity contribution is 7.99. The summed E-state index contributed by atoms with van der Waals surface area (Å²) < 4.78 is 44.0. The molecule has 2 aliphatic rings. The number of nitrogens with two attached hydrogens (primary N) is 1. The van der Waals surface area contributed by atoms with Crippen LogP contribution in [0.25, 0.3) is 10.9 Å². The van der Waals surface area contributed by atoms with E-state index < -0.39 is 20.7 Å². The molecule has 2 saturated heterocycles. The van der Waals surface area contributed by atoms with Crippen molar-refractivity contribution in [3.63, 3.8) is 0 Å². The third-order valence-electron chi connectivity index (χ3n) is 8.23. The summed E-state index contributed by atoms with van der Waals surface area (Å²) in [6, 6.07) is 9.05. The maximum absolute atomic E-state index is 13.8. The van der Waals surface area contributed by atoms with Crippen molar-refractivity contribution in [2.24, 2.45) is 11.1 Å². The molecule has 2 fully saturated rings. The smallest absolute Gasteiger partial charge is 0.332 e. The molecule has 2 atom stereocenters. The fraction of sp³-hybridized carbons (Fsp3) is 0.357. The summed E-state index contributed by atoms with van der Waals surface area (Å²) in [6.45, 7) is 4.18. The Balaban J connectivity index is 1.20. The molecule has 2 aliphatic heterocycles. The predicted octanol–water partition coefficient (Wildman–Crippen LogP) is 4.03. The van der Waals surface area contributed by atoms with Gasteiger partial charge in [0.15, 0.2) is 0 Å². The molecular weight excluding hydrogens is 603 g/mol. The van der Waals surface area contributed by atoms with Gasteiger partial charge in [0.1, 0.15) is 15.7 Å². The zero-order valence-electron chi connectivity index (χ0n) is 22.6. The Hall–Kier alpha value is -3.10. The Bertz CT molecular complexity index is 1810. The van der Waals surface area contributed by atoms with Crippen molar-refractivity contribution in [2.45, 2.75) is 53.3 Å². The van der Waals surface area contributed by atoms with Crippen molar-refractivity contribution in [1.82, 2.24) is 19.5 Å². The van der Waals surface area contributed by atoms with Crippen molar-refractivity contribution in [1.29, 1.82) is 0 Å². The number of rotatable bonds is 6. The first-order valence-corrected chi connectivity index (χ1v) is 16.0. The molecule has 14 heteroatoms. The van der Waals surface area contributed by atoms with E-state index in [0.29, 0.717) is 22.0 Å². The van der Waals surface area contributed by atoms with Gasteiger partial charge in [-0.15, -0.1) is 3.89 Å². The molecule has 0 unspecified atom stereocenters. The number of piperidine rings is 1. The normalized spacial score (nSPS) is 20.4. The Morgan fingerprint density at radius 1 is 1.14 bits per heavy atom. The van der Waals surface area contributed by atoms with Gasteiger partial charge >= 0.3 is 10.2 Å². The van der Waals surface area contributed by atoms with Crippen molar-refractivity contribution in [3.05, 3.63) is 76.1 Å². The highest BCUT2D eigenvalue weighted by Crippen LogP contribution is 2.42. The number of benzene rings is 2. The molecule has 6 rings (SSSR count). The zero-order chi connectivity index (χ0) is 29.6. The van der Waals surface area contributed by atoms with Crippen molar-refractivity contribution in [2.75, 3.05) is 24.6 Å². The van der Waals surface area contributed by atoms with E-state index in [-0.39, 0.29) is 40.1 Å². The van der Waals surface area contributed by atoms with E-state index in [4.69, 9.17) is 22.1 Å². The van der Waals surface area contributed by atoms with E-state index in [1.165, 1.54) is 34.8 Å². The topological polar surface area (TPSA) is 133 Å². The molecule has 2 aromatic carbocycles. The number of fused-ring (bicyclic) bond motifs is 1. The first-order valence-electron chi connectivity index (χ1n) is 13.4. The van der Waals surface area contributed by atoms with Crippen molar-refractivity contribution < 1.29 is 17.0 Å². The lowest BCUT2D eigenvalue weighted by Crippen LogP contribution is -2.50. The molecule has 10 nitrogen and oxygen atoms in total. The minimum atomic E-state index is -4.97. The van der Waals surface area contributed by atoms with Gasteiger partial charge in [0, 0.05) is 29.4 Å². The molecule has 4 aromatic rings. The van der Waals surface area contributed by atoms with Crippen LogP contribution in [-0.4, -0.2) is 59.8 Å². The van der Waals surface area contributed by atoms with Crippen LogP contribution in [0.15, 0.2) is 74.7 Å². The minimum absolute atomic E-state index is 0.0216. The Morgan fingerprint density at radius 3 is 2.57 bits per heavy atom. The summed E-state index contributed by atoms with van der Waals surface area (Å²) in [6.07, 6.45) is 6.64. The van der Waals surface area contributed by atoms with Crippen LogP contribution in [0.3, 0.4) is 0 Å². The second-order valence-corrected chi connectivity index (χ2v) is 13.5. The highest BCUT2D eigenvalue weighted by Gasteiger charge is 2.47. The molecule has 0 amide bonds. The third-order valence-corrected chi connectivity index (χ3v) is 10.6. The summed E-state index contributed by atoms with van der Waals surface area (Å²) >= 11 is 7.97. The van der Waals surface area contributed by atoms with Crippen LogP contribution in [0.4, 0.5) is 9.70 Å². The zero-order valence-corrected chi connectivity index (χ0v) is 25.0. The van der Waals surface area contributed by atoms with Gasteiger partial charge in [0.05, 0.1) is 53.9 Å². The van der Waals surface area contributed by atoms with Gasteiger partial charge < -0.3 is 15.4 Å². The monoisotopic (exact) mass is 630 g/mol. The first kappa shape index (κ1) is 29.0. The highest BCUT2D eigenvalue weighted by atomic mass is 35.5.